The molecule has 0 saturated heterocycles. The van der Waals surface area contributed by atoms with Gasteiger partial charge in [-0.25, -0.2) is 0 Å². The molecule has 0 aliphatic rings. The van der Waals surface area contributed by atoms with Gasteiger partial charge in [-0.3, -0.25) is 0 Å². The van der Waals surface area contributed by atoms with E-state index in [4.69, 9.17) is 8.83 Å². The Morgan fingerprint density at radius 2 is 0.685 bits per heavy atom. The van der Waals surface area contributed by atoms with Crippen molar-refractivity contribution in [1.29, 1.82) is 0 Å². The second-order valence-electron chi connectivity index (χ2n) is 14.3. The lowest BCUT2D eigenvalue weighted by atomic mass is 9.83. The molecule has 0 amide bonds. The first-order valence-corrected chi connectivity index (χ1v) is 18.5. The van der Waals surface area contributed by atoms with Crippen LogP contribution in [0.2, 0.25) is 0 Å². The van der Waals surface area contributed by atoms with Gasteiger partial charge in [0.05, 0.1) is 0 Å². The molecule has 12 aromatic rings. The SMILES string of the molecule is c1ccc(-c2c3ccccc3c(-c3ccc(-c4cc5c6ccc7c8ccccc8oc7c6oc5c5ccccc45)c4ccccc34)c3ccccc23)cc1. The molecular formula is C52H30O2. The van der Waals surface area contributed by atoms with Gasteiger partial charge in [0.15, 0.2) is 11.2 Å². The Morgan fingerprint density at radius 3 is 1.35 bits per heavy atom. The maximum absolute atomic E-state index is 6.79. The summed E-state index contributed by atoms with van der Waals surface area (Å²) < 4.78 is 13.2. The van der Waals surface area contributed by atoms with Crippen LogP contribution in [0.1, 0.15) is 0 Å². The highest BCUT2D eigenvalue weighted by Gasteiger charge is 2.22. The Kier molecular flexibility index (Phi) is 6.09. The summed E-state index contributed by atoms with van der Waals surface area (Å²) in [7, 11) is 0. The Morgan fingerprint density at radius 1 is 0.241 bits per heavy atom. The first-order valence-electron chi connectivity index (χ1n) is 18.5. The van der Waals surface area contributed by atoms with Crippen molar-refractivity contribution >= 4 is 87.0 Å². The maximum atomic E-state index is 6.79. The third kappa shape index (κ3) is 4.05. The summed E-state index contributed by atoms with van der Waals surface area (Å²) in [5.74, 6) is 0. The van der Waals surface area contributed by atoms with Crippen LogP contribution >= 0.6 is 0 Å². The average molecular weight is 687 g/mol. The van der Waals surface area contributed by atoms with Crippen LogP contribution in [0.3, 0.4) is 0 Å². The predicted octanol–water partition coefficient (Wildman–Crippen LogP) is 15.1. The van der Waals surface area contributed by atoms with Crippen molar-refractivity contribution in [3.8, 4) is 33.4 Å². The van der Waals surface area contributed by atoms with Crippen molar-refractivity contribution in [2.45, 2.75) is 0 Å². The predicted molar refractivity (Wildman–Crippen MR) is 227 cm³/mol. The molecule has 2 aromatic heterocycles. The molecule has 0 aliphatic carbocycles. The van der Waals surface area contributed by atoms with Crippen LogP contribution in [0.4, 0.5) is 0 Å². The fraction of sp³-hybridized carbons (Fsp3) is 0. The maximum Gasteiger partial charge on any atom is 0.178 e. The molecule has 54 heavy (non-hydrogen) atoms. The quantitative estimate of drug-likeness (QED) is 0.173. The fourth-order valence-electron chi connectivity index (χ4n) is 9.15. The number of para-hydroxylation sites is 1. The van der Waals surface area contributed by atoms with E-state index in [9.17, 15) is 0 Å². The smallest absolute Gasteiger partial charge is 0.178 e. The lowest BCUT2D eigenvalue weighted by Gasteiger charge is -2.20. The zero-order chi connectivity index (χ0) is 35.3. The van der Waals surface area contributed by atoms with Crippen molar-refractivity contribution in [2.75, 3.05) is 0 Å². The van der Waals surface area contributed by atoms with Gasteiger partial charge in [-0.15, -0.1) is 0 Å². The van der Waals surface area contributed by atoms with Gasteiger partial charge in [-0.1, -0.05) is 158 Å². The molecule has 0 atom stereocenters. The molecule has 0 spiro atoms. The van der Waals surface area contributed by atoms with Crippen LogP contribution in [0.5, 0.6) is 0 Å². The number of rotatable bonds is 3. The summed E-state index contributed by atoms with van der Waals surface area (Å²) in [4.78, 5) is 0. The summed E-state index contributed by atoms with van der Waals surface area (Å²) in [6.45, 7) is 0. The summed E-state index contributed by atoms with van der Waals surface area (Å²) in [6, 6.07) is 65.7. The summed E-state index contributed by atoms with van der Waals surface area (Å²) in [5.41, 5.74) is 10.7. The molecule has 0 saturated carbocycles. The van der Waals surface area contributed by atoms with Crippen LogP contribution in [-0.2, 0) is 0 Å². The molecule has 0 fully saturated rings. The topological polar surface area (TPSA) is 26.3 Å². The van der Waals surface area contributed by atoms with Gasteiger partial charge in [0.25, 0.3) is 0 Å². The first kappa shape index (κ1) is 29.4. The normalized spacial score (nSPS) is 12.1. The third-order valence-electron chi connectivity index (χ3n) is 11.5. The van der Waals surface area contributed by atoms with E-state index >= 15 is 0 Å². The summed E-state index contributed by atoms with van der Waals surface area (Å²) in [6.07, 6.45) is 0. The third-order valence-corrected chi connectivity index (χ3v) is 11.5. The van der Waals surface area contributed by atoms with Gasteiger partial charge >= 0.3 is 0 Å². The van der Waals surface area contributed by atoms with E-state index in [1.807, 2.05) is 12.1 Å². The van der Waals surface area contributed by atoms with E-state index in [0.29, 0.717) is 0 Å². The number of hydrogen-bond acceptors (Lipinski definition) is 2. The summed E-state index contributed by atoms with van der Waals surface area (Å²) >= 11 is 0. The van der Waals surface area contributed by atoms with E-state index in [2.05, 4.69) is 170 Å². The first-order chi connectivity index (χ1) is 26.8. The van der Waals surface area contributed by atoms with Gasteiger partial charge in [-0.2, -0.15) is 0 Å². The molecule has 0 radical (unpaired) electrons. The van der Waals surface area contributed by atoms with Crippen molar-refractivity contribution in [3.63, 3.8) is 0 Å². The fourth-order valence-corrected chi connectivity index (χ4v) is 9.15. The molecule has 2 nitrogen and oxygen atoms in total. The standard InChI is InChI=1S/C52H30O2/c1-2-14-31(15-3-1)48-37-20-7-9-22-39(37)49(40-23-10-8-21-38(40)48)41-27-26-35(32-16-4-5-17-33(32)41)45-30-46-44-29-28-43-36-19-12-13-25-47(36)53-51(43)52(44)54-50(46)42-24-11-6-18-34(42)45/h1-30H. The largest absolute Gasteiger partial charge is 0.452 e. The average Bonchev–Trinajstić information content (AvgIpc) is 3.81. The van der Waals surface area contributed by atoms with Crippen molar-refractivity contribution < 1.29 is 8.83 Å². The van der Waals surface area contributed by atoms with E-state index in [1.165, 1.54) is 65.7 Å². The molecule has 10 aromatic carbocycles. The molecular weight excluding hydrogens is 657 g/mol. The zero-order valence-electron chi connectivity index (χ0n) is 29.1. The number of hydrogen-bond donors (Lipinski definition) is 0. The van der Waals surface area contributed by atoms with Crippen molar-refractivity contribution in [2.24, 2.45) is 0 Å². The molecule has 0 unspecified atom stereocenters. The minimum Gasteiger partial charge on any atom is -0.452 e. The highest BCUT2D eigenvalue weighted by molar-refractivity contribution is 6.27. The van der Waals surface area contributed by atoms with Crippen LogP contribution in [0.25, 0.3) is 120 Å². The van der Waals surface area contributed by atoms with Gasteiger partial charge in [0.2, 0.25) is 0 Å². The lowest BCUT2D eigenvalue weighted by Crippen LogP contribution is -1.92. The minimum atomic E-state index is 0.791. The van der Waals surface area contributed by atoms with Gasteiger partial charge in [0.1, 0.15) is 11.2 Å². The second kappa shape index (κ2) is 11.2. The molecule has 2 heterocycles. The van der Waals surface area contributed by atoms with E-state index in [1.54, 1.807) is 0 Å². The number of furan rings is 2. The van der Waals surface area contributed by atoms with Gasteiger partial charge in [-0.05, 0) is 95.3 Å². The van der Waals surface area contributed by atoms with E-state index in [0.717, 1.165) is 54.6 Å². The lowest BCUT2D eigenvalue weighted by molar-refractivity contribution is 0.635. The molecule has 2 heteroatoms. The Hall–Kier alpha value is -7.16. The Bertz CT molecular complexity index is 3430. The Balaban J connectivity index is 1.15. The highest BCUT2D eigenvalue weighted by atomic mass is 16.4. The van der Waals surface area contributed by atoms with Crippen molar-refractivity contribution in [3.05, 3.63) is 182 Å². The van der Waals surface area contributed by atoms with Gasteiger partial charge in [0, 0.05) is 26.9 Å². The van der Waals surface area contributed by atoms with Gasteiger partial charge < -0.3 is 8.83 Å². The molecule has 250 valence electrons. The summed E-state index contributed by atoms with van der Waals surface area (Å²) in [5, 5.41) is 14.0. The minimum absolute atomic E-state index is 0.791. The number of fused-ring (bicyclic) bond motifs is 12. The van der Waals surface area contributed by atoms with Crippen LogP contribution in [-0.4, -0.2) is 0 Å². The zero-order valence-corrected chi connectivity index (χ0v) is 29.1. The highest BCUT2D eigenvalue weighted by Crippen LogP contribution is 2.48. The molecule has 0 bridgehead atoms. The molecule has 12 rings (SSSR count). The monoisotopic (exact) mass is 686 g/mol. The molecule has 0 aliphatic heterocycles. The number of benzene rings is 10. The van der Waals surface area contributed by atoms with Crippen LogP contribution < -0.4 is 0 Å². The molecule has 0 N–H and O–H groups in total. The van der Waals surface area contributed by atoms with Crippen LogP contribution in [0.15, 0.2) is 191 Å². The Labute approximate surface area is 310 Å². The van der Waals surface area contributed by atoms with E-state index in [-0.39, 0.29) is 0 Å². The van der Waals surface area contributed by atoms with E-state index < -0.39 is 0 Å². The van der Waals surface area contributed by atoms with Crippen LogP contribution in [0, 0.1) is 0 Å². The van der Waals surface area contributed by atoms with Crippen molar-refractivity contribution in [1.82, 2.24) is 0 Å². The second-order valence-corrected chi connectivity index (χ2v) is 14.3.